The molecule has 3 aromatic rings. The Labute approximate surface area is 250 Å². The van der Waals surface area contributed by atoms with Crippen molar-refractivity contribution in [1.29, 1.82) is 0 Å². The Balaban J connectivity index is 1.52. The second kappa shape index (κ2) is 14.1. The van der Waals surface area contributed by atoms with Crippen LogP contribution >= 0.6 is 0 Å². The van der Waals surface area contributed by atoms with Crippen molar-refractivity contribution in [3.8, 4) is 5.88 Å². The van der Waals surface area contributed by atoms with Gasteiger partial charge in [0.1, 0.15) is 29.6 Å². The zero-order chi connectivity index (χ0) is 31.1. The van der Waals surface area contributed by atoms with Gasteiger partial charge in [-0.25, -0.2) is 15.0 Å². The lowest BCUT2D eigenvalue weighted by molar-refractivity contribution is -0.130. The van der Waals surface area contributed by atoms with E-state index in [0.29, 0.717) is 48.4 Å². The molecule has 4 N–H and O–H groups in total. The van der Waals surface area contributed by atoms with Crippen molar-refractivity contribution in [2.75, 3.05) is 13.7 Å². The molecule has 3 heterocycles. The minimum Gasteiger partial charge on any atom is -0.480 e. The van der Waals surface area contributed by atoms with Crippen LogP contribution in [0.4, 0.5) is 0 Å². The molecular weight excluding hydrogens is 554 g/mol. The number of aromatic nitrogens is 3. The zero-order valence-electron chi connectivity index (χ0n) is 25.2. The Kier molecular flexibility index (Phi) is 10.3. The van der Waals surface area contributed by atoms with E-state index in [1.807, 2.05) is 38.1 Å². The minimum absolute atomic E-state index is 0.0405. The Hall–Kier alpha value is -4.55. The van der Waals surface area contributed by atoms with E-state index in [1.165, 1.54) is 7.11 Å². The van der Waals surface area contributed by atoms with Crippen molar-refractivity contribution in [2.24, 2.45) is 5.92 Å². The first-order valence-electron chi connectivity index (χ1n) is 14.5. The number of rotatable bonds is 6. The van der Waals surface area contributed by atoms with E-state index in [0.717, 1.165) is 0 Å². The molecule has 3 atom stereocenters. The van der Waals surface area contributed by atoms with Crippen LogP contribution in [0, 0.1) is 12.8 Å². The molecule has 2 aromatic heterocycles. The molecule has 0 fully saturated rings. The number of amides is 4. The maximum Gasteiger partial charge on any atom is 0.274 e. The van der Waals surface area contributed by atoms with E-state index >= 15 is 0 Å². The number of para-hydroxylation sites is 2. The van der Waals surface area contributed by atoms with E-state index in [9.17, 15) is 19.2 Å². The van der Waals surface area contributed by atoms with Crippen molar-refractivity contribution in [2.45, 2.75) is 77.9 Å². The maximum absolute atomic E-state index is 13.6. The van der Waals surface area contributed by atoms with Crippen LogP contribution in [0.1, 0.15) is 80.3 Å². The van der Waals surface area contributed by atoms with Gasteiger partial charge in [0.2, 0.25) is 29.5 Å². The van der Waals surface area contributed by atoms with Gasteiger partial charge in [0.05, 0.1) is 18.1 Å². The van der Waals surface area contributed by atoms with Crippen LogP contribution in [-0.2, 0) is 20.8 Å². The zero-order valence-corrected chi connectivity index (χ0v) is 25.2. The summed E-state index contributed by atoms with van der Waals surface area (Å²) in [6, 6.07) is 5.12. The monoisotopic (exact) mass is 593 g/mol. The van der Waals surface area contributed by atoms with Crippen molar-refractivity contribution in [3.05, 3.63) is 47.3 Å². The molecule has 1 aliphatic rings. The number of aryl methyl sites for hydroxylation is 2. The Bertz CT molecular complexity index is 1490. The number of nitrogens with zero attached hydrogens (tertiary/aromatic N) is 3. The first-order chi connectivity index (χ1) is 20.6. The Morgan fingerprint density at radius 1 is 1.07 bits per heavy atom. The number of hydrogen-bond acceptors (Lipinski definition) is 9. The van der Waals surface area contributed by atoms with Crippen LogP contribution in [0.5, 0.6) is 5.88 Å². The van der Waals surface area contributed by atoms with Crippen LogP contribution in [-0.4, -0.2) is 64.3 Å². The average Bonchev–Trinajstić information content (AvgIpc) is 3.37. The number of hydrogen-bond donors (Lipinski definition) is 4. The molecule has 0 radical (unpaired) electrons. The number of nitrogens with one attached hydrogen (secondary N) is 4. The number of methoxy groups -OCH3 is 1. The van der Waals surface area contributed by atoms with Gasteiger partial charge < -0.3 is 30.4 Å². The van der Waals surface area contributed by atoms with Crippen molar-refractivity contribution in [3.63, 3.8) is 0 Å². The summed E-state index contributed by atoms with van der Waals surface area (Å²) in [4.78, 5) is 65.5. The highest BCUT2D eigenvalue weighted by Gasteiger charge is 2.31. The third-order valence-corrected chi connectivity index (χ3v) is 7.26. The van der Waals surface area contributed by atoms with Gasteiger partial charge in [-0.1, -0.05) is 26.0 Å². The first-order valence-corrected chi connectivity index (χ1v) is 14.5. The molecule has 13 heteroatoms. The molecule has 230 valence electrons. The highest BCUT2D eigenvalue weighted by atomic mass is 16.5. The third-order valence-electron chi connectivity index (χ3n) is 7.26. The molecule has 0 saturated heterocycles. The second-order valence-corrected chi connectivity index (χ2v) is 11.0. The normalized spacial score (nSPS) is 20.3. The molecule has 0 aliphatic carbocycles. The summed E-state index contributed by atoms with van der Waals surface area (Å²) in [5.41, 5.74) is 1.97. The summed E-state index contributed by atoms with van der Waals surface area (Å²) in [6.07, 6.45) is 1.80. The fourth-order valence-electron chi connectivity index (χ4n) is 4.81. The van der Waals surface area contributed by atoms with Crippen LogP contribution in [0.15, 0.2) is 28.7 Å². The number of carbonyl (C=O) groups is 4. The molecular formula is C30H39N7O6. The van der Waals surface area contributed by atoms with Crippen molar-refractivity contribution >= 4 is 34.7 Å². The predicted molar refractivity (Wildman–Crippen MR) is 157 cm³/mol. The standard InChI is InChI=1S/C30H39N7O6/c1-16(2)24-30-37-25(18(4)43-30)28(41)32-17(3)26(39)31-15-9-8-12-21(27(40)36-24)34-23(38)14-13-22-29(42-5)35-20-11-7-6-10-19(20)33-22/h6-7,10-11,16-17,21,24H,8-9,12-15H2,1-5H3,(H,31,39)(H,32,41)(H,34,38)(H,36,40)/t17-,21+,24+/m1/s1. The number of oxazole rings is 1. The molecule has 0 unspecified atom stereocenters. The van der Waals surface area contributed by atoms with Crippen LogP contribution < -0.4 is 26.0 Å². The van der Waals surface area contributed by atoms with Gasteiger partial charge >= 0.3 is 0 Å². The number of fused-ring (bicyclic) bond motifs is 3. The van der Waals surface area contributed by atoms with Gasteiger partial charge in [-0.3, -0.25) is 19.2 Å². The second-order valence-electron chi connectivity index (χ2n) is 11.0. The lowest BCUT2D eigenvalue weighted by Crippen LogP contribution is -2.48. The lowest BCUT2D eigenvalue weighted by atomic mass is 10.0. The Morgan fingerprint density at radius 3 is 2.49 bits per heavy atom. The Morgan fingerprint density at radius 2 is 1.79 bits per heavy atom. The van der Waals surface area contributed by atoms with Crippen LogP contribution in [0.25, 0.3) is 11.0 Å². The van der Waals surface area contributed by atoms with Crippen LogP contribution in [0.2, 0.25) is 0 Å². The average molecular weight is 594 g/mol. The molecule has 0 spiro atoms. The molecule has 4 amide bonds. The summed E-state index contributed by atoms with van der Waals surface area (Å²) < 4.78 is 11.2. The van der Waals surface area contributed by atoms with Gasteiger partial charge in [0.15, 0.2) is 5.69 Å². The quantitative estimate of drug-likeness (QED) is 0.334. The summed E-state index contributed by atoms with van der Waals surface area (Å²) in [7, 11) is 1.50. The minimum atomic E-state index is -0.848. The van der Waals surface area contributed by atoms with Gasteiger partial charge in [0.25, 0.3) is 5.91 Å². The fraction of sp³-hybridized carbons (Fsp3) is 0.500. The third kappa shape index (κ3) is 7.85. The lowest BCUT2D eigenvalue weighted by Gasteiger charge is -2.24. The molecule has 43 heavy (non-hydrogen) atoms. The molecule has 13 nitrogen and oxygen atoms in total. The summed E-state index contributed by atoms with van der Waals surface area (Å²) in [5.74, 6) is -0.979. The number of ether oxygens (including phenoxy) is 1. The highest BCUT2D eigenvalue weighted by Crippen LogP contribution is 2.24. The highest BCUT2D eigenvalue weighted by molar-refractivity contribution is 5.96. The molecule has 4 rings (SSSR count). The fourth-order valence-corrected chi connectivity index (χ4v) is 4.81. The summed E-state index contributed by atoms with van der Waals surface area (Å²) in [6.45, 7) is 7.32. The van der Waals surface area contributed by atoms with Gasteiger partial charge in [0, 0.05) is 19.4 Å². The maximum atomic E-state index is 13.6. The smallest absolute Gasteiger partial charge is 0.274 e. The van der Waals surface area contributed by atoms with Crippen molar-refractivity contribution < 1.29 is 28.3 Å². The topological polar surface area (TPSA) is 177 Å². The first kappa shape index (κ1) is 31.4. The van der Waals surface area contributed by atoms with E-state index in [1.54, 1.807) is 13.8 Å². The molecule has 0 saturated carbocycles. The molecule has 2 bridgehead atoms. The van der Waals surface area contributed by atoms with Gasteiger partial charge in [-0.2, -0.15) is 0 Å². The van der Waals surface area contributed by atoms with E-state index in [2.05, 4.69) is 36.2 Å². The van der Waals surface area contributed by atoms with Crippen molar-refractivity contribution in [1.82, 2.24) is 36.2 Å². The van der Waals surface area contributed by atoms with E-state index in [-0.39, 0.29) is 47.9 Å². The summed E-state index contributed by atoms with van der Waals surface area (Å²) in [5, 5.41) is 11.3. The summed E-state index contributed by atoms with van der Waals surface area (Å²) >= 11 is 0. The van der Waals surface area contributed by atoms with E-state index < -0.39 is 29.9 Å². The van der Waals surface area contributed by atoms with Gasteiger partial charge in [-0.15, -0.1) is 0 Å². The number of benzene rings is 1. The predicted octanol–water partition coefficient (Wildman–Crippen LogP) is 2.28. The molecule has 1 aliphatic heterocycles. The van der Waals surface area contributed by atoms with Crippen LogP contribution in [0.3, 0.4) is 0 Å². The largest absolute Gasteiger partial charge is 0.480 e. The molecule has 1 aromatic carbocycles. The van der Waals surface area contributed by atoms with Gasteiger partial charge in [-0.05, 0) is 51.2 Å². The van der Waals surface area contributed by atoms with E-state index in [4.69, 9.17) is 9.15 Å². The SMILES string of the molecule is COc1nc2ccccc2nc1CCC(=O)N[C@H]1CCCCNC(=O)[C@@H](C)NC(=O)c2nc(oc2C)[C@H](C(C)C)NC1=O. The number of carbonyl (C=O) groups excluding carboxylic acids is 4.